The van der Waals surface area contributed by atoms with Crippen molar-refractivity contribution in [3.8, 4) is 17.0 Å². The maximum Gasteiger partial charge on any atom is 0.193 e. The molecule has 30 heavy (non-hydrogen) atoms. The summed E-state index contributed by atoms with van der Waals surface area (Å²) < 4.78 is 6.10. The van der Waals surface area contributed by atoms with E-state index in [1.54, 1.807) is 11.3 Å². The molecule has 1 aromatic heterocycles. The molecule has 3 aromatic rings. The summed E-state index contributed by atoms with van der Waals surface area (Å²) in [7, 11) is 1.84. The highest BCUT2D eigenvalue weighted by atomic mass is 127. The van der Waals surface area contributed by atoms with E-state index in [-0.39, 0.29) is 30.1 Å². The number of hydrogen-bond donors (Lipinski definition) is 1. The lowest BCUT2D eigenvalue weighted by Crippen LogP contribution is -2.47. The summed E-state index contributed by atoms with van der Waals surface area (Å²) >= 11 is 1.68. The van der Waals surface area contributed by atoms with E-state index in [1.807, 2.05) is 55.6 Å². The van der Waals surface area contributed by atoms with Crippen LogP contribution in [0.2, 0.25) is 0 Å². The molecular formula is C23H27IN4OS. The van der Waals surface area contributed by atoms with Crippen LogP contribution in [0.4, 0.5) is 0 Å². The maximum atomic E-state index is 6.10. The van der Waals surface area contributed by atoms with Crippen LogP contribution in [0.1, 0.15) is 17.8 Å². The van der Waals surface area contributed by atoms with Crippen LogP contribution < -0.4 is 10.1 Å². The van der Waals surface area contributed by atoms with Crippen LogP contribution in [0.5, 0.6) is 5.75 Å². The van der Waals surface area contributed by atoms with E-state index in [4.69, 9.17) is 9.72 Å². The SMILES string of the molecule is CN=C(NCc1nc(-c2ccccc2)cs1)N1CCC(Oc2ccccc2)CC1.I. The van der Waals surface area contributed by atoms with Crippen LogP contribution in [-0.4, -0.2) is 42.1 Å². The molecular weight excluding hydrogens is 507 g/mol. The molecule has 7 heteroatoms. The molecule has 1 fully saturated rings. The number of aliphatic imine (C=N–C) groups is 1. The monoisotopic (exact) mass is 534 g/mol. The minimum absolute atomic E-state index is 0. The van der Waals surface area contributed by atoms with Gasteiger partial charge in [0.15, 0.2) is 5.96 Å². The quantitative estimate of drug-likeness (QED) is 0.283. The first-order valence-corrected chi connectivity index (χ1v) is 10.9. The van der Waals surface area contributed by atoms with Gasteiger partial charge in [-0.05, 0) is 12.1 Å². The van der Waals surface area contributed by atoms with Crippen molar-refractivity contribution >= 4 is 41.3 Å². The summed E-state index contributed by atoms with van der Waals surface area (Å²) in [5.74, 6) is 1.88. The van der Waals surface area contributed by atoms with Gasteiger partial charge in [-0.2, -0.15) is 0 Å². The molecule has 0 atom stereocenters. The van der Waals surface area contributed by atoms with Gasteiger partial charge in [0.2, 0.25) is 0 Å². The van der Waals surface area contributed by atoms with Crippen LogP contribution in [0.25, 0.3) is 11.3 Å². The predicted molar refractivity (Wildman–Crippen MR) is 135 cm³/mol. The van der Waals surface area contributed by atoms with Crippen LogP contribution in [0.15, 0.2) is 71.0 Å². The highest BCUT2D eigenvalue weighted by Gasteiger charge is 2.22. The van der Waals surface area contributed by atoms with Crippen molar-refractivity contribution in [2.45, 2.75) is 25.5 Å². The largest absolute Gasteiger partial charge is 0.490 e. The zero-order chi connectivity index (χ0) is 19.9. The Kier molecular flexibility index (Phi) is 8.50. The Morgan fingerprint density at radius 1 is 1.10 bits per heavy atom. The molecule has 0 amide bonds. The Bertz CT molecular complexity index is 925. The third kappa shape index (κ3) is 5.95. The van der Waals surface area contributed by atoms with Gasteiger partial charge in [-0.3, -0.25) is 4.99 Å². The third-order valence-electron chi connectivity index (χ3n) is 5.02. The van der Waals surface area contributed by atoms with E-state index >= 15 is 0 Å². The van der Waals surface area contributed by atoms with Gasteiger partial charge in [-0.15, -0.1) is 35.3 Å². The summed E-state index contributed by atoms with van der Waals surface area (Å²) in [4.78, 5) is 11.5. The van der Waals surface area contributed by atoms with Crippen LogP contribution in [-0.2, 0) is 6.54 Å². The standard InChI is InChI=1S/C23H26N4OS.HI/c1-24-23(25-16-22-26-21(17-29-22)18-8-4-2-5-9-18)27-14-12-20(13-15-27)28-19-10-6-3-7-11-19;/h2-11,17,20H,12-16H2,1H3,(H,24,25);1H. The normalized spacial score (nSPS) is 14.8. The summed E-state index contributed by atoms with van der Waals surface area (Å²) in [5.41, 5.74) is 2.18. The maximum absolute atomic E-state index is 6.10. The number of para-hydroxylation sites is 1. The van der Waals surface area contributed by atoms with Gasteiger partial charge in [0.1, 0.15) is 16.9 Å². The molecule has 4 rings (SSSR count). The zero-order valence-corrected chi connectivity index (χ0v) is 20.2. The zero-order valence-electron chi connectivity index (χ0n) is 17.0. The first kappa shape index (κ1) is 22.6. The molecule has 0 bridgehead atoms. The van der Waals surface area contributed by atoms with Crippen molar-refractivity contribution in [2.24, 2.45) is 4.99 Å². The number of aromatic nitrogens is 1. The van der Waals surface area contributed by atoms with Crippen LogP contribution in [0, 0.1) is 0 Å². The number of guanidine groups is 1. The molecule has 158 valence electrons. The van der Waals surface area contributed by atoms with E-state index in [2.05, 4.69) is 32.7 Å². The number of thiazole rings is 1. The van der Waals surface area contributed by atoms with Crippen molar-refractivity contribution < 1.29 is 4.74 Å². The number of hydrogen-bond acceptors (Lipinski definition) is 4. The fourth-order valence-electron chi connectivity index (χ4n) is 3.50. The number of nitrogens with one attached hydrogen (secondary N) is 1. The lowest BCUT2D eigenvalue weighted by atomic mass is 10.1. The Balaban J connectivity index is 0.00000256. The number of ether oxygens (including phenoxy) is 1. The number of halogens is 1. The number of benzene rings is 2. The van der Waals surface area contributed by atoms with E-state index in [1.165, 1.54) is 0 Å². The fourth-order valence-corrected chi connectivity index (χ4v) is 4.24. The topological polar surface area (TPSA) is 49.8 Å². The first-order chi connectivity index (χ1) is 14.3. The summed E-state index contributed by atoms with van der Waals surface area (Å²) in [6, 6.07) is 20.4. The smallest absolute Gasteiger partial charge is 0.193 e. The van der Waals surface area contributed by atoms with E-state index < -0.39 is 0 Å². The van der Waals surface area contributed by atoms with Gasteiger partial charge in [-0.25, -0.2) is 4.98 Å². The van der Waals surface area contributed by atoms with E-state index in [9.17, 15) is 0 Å². The number of piperidine rings is 1. The second-order valence-corrected chi connectivity index (χ2v) is 7.95. The van der Waals surface area contributed by atoms with Gasteiger partial charge >= 0.3 is 0 Å². The van der Waals surface area contributed by atoms with Crippen molar-refractivity contribution in [3.05, 3.63) is 71.1 Å². The van der Waals surface area contributed by atoms with Crippen LogP contribution in [0.3, 0.4) is 0 Å². The van der Waals surface area contributed by atoms with Crippen molar-refractivity contribution in [2.75, 3.05) is 20.1 Å². The Morgan fingerprint density at radius 3 is 2.43 bits per heavy atom. The lowest BCUT2D eigenvalue weighted by Gasteiger charge is -2.34. The number of nitrogens with zero attached hydrogens (tertiary/aromatic N) is 3. The lowest BCUT2D eigenvalue weighted by molar-refractivity contribution is 0.129. The van der Waals surface area contributed by atoms with Crippen molar-refractivity contribution in [1.29, 1.82) is 0 Å². The number of likely N-dealkylation sites (tertiary alicyclic amines) is 1. The fraction of sp³-hybridized carbons (Fsp3) is 0.304. The molecule has 0 radical (unpaired) electrons. The Hall–Kier alpha value is -2.13. The molecule has 1 N–H and O–H groups in total. The highest BCUT2D eigenvalue weighted by Crippen LogP contribution is 2.22. The van der Waals surface area contributed by atoms with Crippen molar-refractivity contribution in [1.82, 2.24) is 15.2 Å². The molecule has 0 unspecified atom stereocenters. The van der Waals surface area contributed by atoms with Crippen molar-refractivity contribution in [3.63, 3.8) is 0 Å². The van der Waals surface area contributed by atoms with Gasteiger partial charge in [0, 0.05) is 43.9 Å². The second kappa shape index (κ2) is 11.3. The van der Waals surface area contributed by atoms with Gasteiger partial charge < -0.3 is 15.0 Å². The molecule has 2 aromatic carbocycles. The van der Waals surface area contributed by atoms with Gasteiger partial charge in [0.25, 0.3) is 0 Å². The van der Waals surface area contributed by atoms with Gasteiger partial charge in [0.05, 0.1) is 12.2 Å². The predicted octanol–water partition coefficient (Wildman–Crippen LogP) is 5.05. The molecule has 5 nitrogen and oxygen atoms in total. The molecule has 0 spiro atoms. The summed E-state index contributed by atoms with van der Waals surface area (Å²) in [6.45, 7) is 2.55. The summed E-state index contributed by atoms with van der Waals surface area (Å²) in [5, 5.41) is 6.64. The minimum atomic E-state index is 0. The Labute approximate surface area is 199 Å². The number of rotatable bonds is 5. The molecule has 1 saturated heterocycles. The average molecular weight is 534 g/mol. The third-order valence-corrected chi connectivity index (χ3v) is 5.87. The molecule has 2 heterocycles. The highest BCUT2D eigenvalue weighted by molar-refractivity contribution is 14.0. The molecule has 1 aliphatic heterocycles. The average Bonchev–Trinajstić information content (AvgIpc) is 3.26. The molecule has 0 aliphatic carbocycles. The second-order valence-electron chi connectivity index (χ2n) is 7.01. The molecule has 1 aliphatic rings. The molecule has 0 saturated carbocycles. The Morgan fingerprint density at radius 2 is 1.77 bits per heavy atom. The van der Waals surface area contributed by atoms with E-state index in [0.717, 1.165) is 53.9 Å². The minimum Gasteiger partial charge on any atom is -0.490 e. The first-order valence-electron chi connectivity index (χ1n) is 9.99. The van der Waals surface area contributed by atoms with Gasteiger partial charge in [-0.1, -0.05) is 48.5 Å². The summed E-state index contributed by atoms with van der Waals surface area (Å²) in [6.07, 6.45) is 2.25. The van der Waals surface area contributed by atoms with Crippen LogP contribution >= 0.6 is 35.3 Å². The van der Waals surface area contributed by atoms with E-state index in [0.29, 0.717) is 6.54 Å².